The van der Waals surface area contributed by atoms with Crippen molar-refractivity contribution in [2.24, 2.45) is 5.73 Å². The molecule has 3 N–H and O–H groups in total. The Morgan fingerprint density at radius 2 is 1.81 bits per heavy atom. The van der Waals surface area contributed by atoms with Crippen molar-refractivity contribution >= 4 is 5.97 Å². The van der Waals surface area contributed by atoms with Crippen LogP contribution in [0.3, 0.4) is 0 Å². The van der Waals surface area contributed by atoms with E-state index in [0.717, 1.165) is 22.4 Å². The third-order valence-electron chi connectivity index (χ3n) is 3.15. The van der Waals surface area contributed by atoms with E-state index in [0.29, 0.717) is 5.75 Å². The largest absolute Gasteiger partial charge is 0.480 e. The number of para-hydroxylation sites is 1. The van der Waals surface area contributed by atoms with Gasteiger partial charge in [0.25, 0.3) is 0 Å². The van der Waals surface area contributed by atoms with Crippen LogP contribution in [0.4, 0.5) is 0 Å². The molecule has 0 spiro atoms. The van der Waals surface area contributed by atoms with E-state index >= 15 is 0 Å². The van der Waals surface area contributed by atoms with Gasteiger partial charge in [-0.25, -0.2) is 0 Å². The number of benzene rings is 2. The number of aliphatic carboxylic acids is 1. The van der Waals surface area contributed by atoms with Crippen LogP contribution in [0.25, 0.3) is 0 Å². The fraction of sp³-hybridized carbons (Fsp3) is 0.235. The molecular formula is C17H19NO3. The Morgan fingerprint density at radius 3 is 2.43 bits per heavy atom. The number of aryl methyl sites for hydroxylation is 2. The predicted molar refractivity (Wildman–Crippen MR) is 81.7 cm³/mol. The molecule has 1 unspecified atom stereocenters. The lowest BCUT2D eigenvalue weighted by Crippen LogP contribution is -2.32. The monoisotopic (exact) mass is 285 g/mol. The van der Waals surface area contributed by atoms with Gasteiger partial charge in [-0.2, -0.15) is 0 Å². The van der Waals surface area contributed by atoms with Gasteiger partial charge >= 0.3 is 5.97 Å². The van der Waals surface area contributed by atoms with E-state index in [2.05, 4.69) is 6.07 Å². The average Bonchev–Trinajstić information content (AvgIpc) is 2.39. The van der Waals surface area contributed by atoms with Gasteiger partial charge in [-0.15, -0.1) is 0 Å². The zero-order chi connectivity index (χ0) is 15.4. The molecule has 110 valence electrons. The fourth-order valence-electron chi connectivity index (χ4n) is 2.22. The van der Waals surface area contributed by atoms with Gasteiger partial charge in [0.1, 0.15) is 17.5 Å². The van der Waals surface area contributed by atoms with Crippen LogP contribution in [0.5, 0.6) is 11.5 Å². The number of nitrogens with two attached hydrogens (primary N) is 1. The summed E-state index contributed by atoms with van der Waals surface area (Å²) in [6.45, 7) is 4.01. The molecule has 0 saturated carbocycles. The molecule has 1 atom stereocenters. The molecule has 0 amide bonds. The highest BCUT2D eigenvalue weighted by atomic mass is 16.5. The van der Waals surface area contributed by atoms with Crippen LogP contribution in [0.2, 0.25) is 0 Å². The lowest BCUT2D eigenvalue weighted by atomic mass is 10.1. The minimum absolute atomic E-state index is 0.232. The lowest BCUT2D eigenvalue weighted by Gasteiger charge is -2.13. The number of hydrogen-bond donors (Lipinski definition) is 2. The summed E-state index contributed by atoms with van der Waals surface area (Å²) in [4.78, 5) is 10.9. The van der Waals surface area contributed by atoms with E-state index in [-0.39, 0.29) is 6.42 Å². The molecule has 0 saturated heterocycles. The quantitative estimate of drug-likeness (QED) is 0.885. The van der Waals surface area contributed by atoms with Crippen molar-refractivity contribution in [3.8, 4) is 11.5 Å². The third kappa shape index (κ3) is 4.07. The van der Waals surface area contributed by atoms with E-state index in [1.165, 1.54) is 0 Å². The first kappa shape index (κ1) is 15.1. The van der Waals surface area contributed by atoms with E-state index in [1.807, 2.05) is 50.2 Å². The Kier molecular flexibility index (Phi) is 4.60. The van der Waals surface area contributed by atoms with Crippen LogP contribution in [-0.2, 0) is 11.2 Å². The topological polar surface area (TPSA) is 72.5 Å². The average molecular weight is 285 g/mol. The van der Waals surface area contributed by atoms with Crippen molar-refractivity contribution in [2.45, 2.75) is 26.3 Å². The van der Waals surface area contributed by atoms with E-state index < -0.39 is 12.0 Å². The van der Waals surface area contributed by atoms with Gasteiger partial charge in [-0.05, 0) is 48.7 Å². The number of hydrogen-bond acceptors (Lipinski definition) is 3. The summed E-state index contributed by atoms with van der Waals surface area (Å²) < 4.78 is 5.90. The molecule has 4 heteroatoms. The highest BCUT2D eigenvalue weighted by molar-refractivity contribution is 5.73. The summed E-state index contributed by atoms with van der Waals surface area (Å²) in [5.74, 6) is 0.360. The molecule has 2 aromatic carbocycles. The van der Waals surface area contributed by atoms with Gasteiger partial charge in [0.2, 0.25) is 0 Å². The van der Waals surface area contributed by atoms with Crippen molar-refractivity contribution < 1.29 is 14.6 Å². The van der Waals surface area contributed by atoms with Gasteiger partial charge in [0.15, 0.2) is 0 Å². The van der Waals surface area contributed by atoms with Crippen LogP contribution in [-0.4, -0.2) is 17.1 Å². The predicted octanol–water partition coefficient (Wildman–Crippen LogP) is 3.05. The molecule has 0 aliphatic heterocycles. The summed E-state index contributed by atoms with van der Waals surface area (Å²) >= 11 is 0. The zero-order valence-electron chi connectivity index (χ0n) is 12.2. The second kappa shape index (κ2) is 6.41. The smallest absolute Gasteiger partial charge is 0.320 e. The van der Waals surface area contributed by atoms with Gasteiger partial charge in [0.05, 0.1) is 0 Å². The van der Waals surface area contributed by atoms with Crippen LogP contribution >= 0.6 is 0 Å². The summed E-state index contributed by atoms with van der Waals surface area (Å²) in [7, 11) is 0. The summed E-state index contributed by atoms with van der Waals surface area (Å²) in [5.41, 5.74) is 8.62. The molecule has 0 aliphatic carbocycles. The minimum Gasteiger partial charge on any atom is -0.480 e. The first-order valence-electron chi connectivity index (χ1n) is 6.78. The number of carboxylic acid groups (broad SMARTS) is 1. The molecule has 0 fully saturated rings. The SMILES string of the molecule is Cc1cc(C)cc(Oc2ccccc2CC(N)C(=O)O)c1. The molecule has 0 bridgehead atoms. The van der Waals surface area contributed by atoms with Gasteiger partial charge in [0, 0.05) is 6.42 Å². The Balaban J connectivity index is 2.25. The van der Waals surface area contributed by atoms with Crippen molar-refractivity contribution in [1.29, 1.82) is 0 Å². The first-order chi connectivity index (χ1) is 9.95. The summed E-state index contributed by atoms with van der Waals surface area (Å²) in [6, 6.07) is 12.4. The Morgan fingerprint density at radius 1 is 1.19 bits per heavy atom. The molecule has 21 heavy (non-hydrogen) atoms. The zero-order valence-corrected chi connectivity index (χ0v) is 12.2. The van der Waals surface area contributed by atoms with Crippen LogP contribution in [0.15, 0.2) is 42.5 Å². The van der Waals surface area contributed by atoms with E-state index in [4.69, 9.17) is 15.6 Å². The molecule has 0 aromatic heterocycles. The minimum atomic E-state index is -1.02. The maximum atomic E-state index is 10.9. The molecule has 0 radical (unpaired) electrons. The number of rotatable bonds is 5. The fourth-order valence-corrected chi connectivity index (χ4v) is 2.22. The number of carbonyl (C=O) groups is 1. The standard InChI is InChI=1S/C17H19NO3/c1-11-7-12(2)9-14(8-11)21-16-6-4-3-5-13(16)10-15(18)17(19)20/h3-9,15H,10,18H2,1-2H3,(H,19,20). The van der Waals surface area contributed by atoms with Crippen molar-refractivity contribution in [3.63, 3.8) is 0 Å². The maximum absolute atomic E-state index is 10.9. The third-order valence-corrected chi connectivity index (χ3v) is 3.15. The van der Waals surface area contributed by atoms with Crippen molar-refractivity contribution in [2.75, 3.05) is 0 Å². The number of carboxylic acids is 1. The molecular weight excluding hydrogens is 266 g/mol. The molecule has 0 heterocycles. The van der Waals surface area contributed by atoms with Crippen molar-refractivity contribution in [3.05, 3.63) is 59.2 Å². The van der Waals surface area contributed by atoms with Crippen LogP contribution in [0.1, 0.15) is 16.7 Å². The molecule has 2 rings (SSSR count). The highest BCUT2D eigenvalue weighted by Crippen LogP contribution is 2.27. The highest BCUT2D eigenvalue weighted by Gasteiger charge is 2.15. The second-order valence-corrected chi connectivity index (χ2v) is 5.18. The van der Waals surface area contributed by atoms with E-state index in [1.54, 1.807) is 0 Å². The summed E-state index contributed by atoms with van der Waals surface area (Å²) in [5, 5.41) is 8.93. The van der Waals surface area contributed by atoms with Gasteiger partial charge < -0.3 is 15.6 Å². The van der Waals surface area contributed by atoms with Gasteiger partial charge in [-0.3, -0.25) is 4.79 Å². The molecule has 0 aliphatic rings. The Bertz CT molecular complexity index is 632. The maximum Gasteiger partial charge on any atom is 0.320 e. The molecule has 4 nitrogen and oxygen atoms in total. The Labute approximate surface area is 124 Å². The van der Waals surface area contributed by atoms with Gasteiger partial charge in [-0.1, -0.05) is 24.3 Å². The second-order valence-electron chi connectivity index (χ2n) is 5.18. The summed E-state index contributed by atoms with van der Waals surface area (Å²) in [6.07, 6.45) is 0.232. The van der Waals surface area contributed by atoms with Crippen LogP contribution in [0, 0.1) is 13.8 Å². The van der Waals surface area contributed by atoms with Crippen LogP contribution < -0.4 is 10.5 Å². The van der Waals surface area contributed by atoms with E-state index in [9.17, 15) is 4.79 Å². The Hall–Kier alpha value is -2.33. The number of ether oxygens (including phenoxy) is 1. The first-order valence-corrected chi connectivity index (χ1v) is 6.78. The lowest BCUT2D eigenvalue weighted by molar-refractivity contribution is -0.138. The van der Waals surface area contributed by atoms with Crippen molar-refractivity contribution in [1.82, 2.24) is 0 Å². The molecule has 2 aromatic rings. The normalized spacial score (nSPS) is 12.0.